The van der Waals surface area contributed by atoms with Gasteiger partial charge in [0.15, 0.2) is 0 Å². The number of aromatic nitrogens is 1. The first-order valence-corrected chi connectivity index (χ1v) is 5.97. The molecule has 0 radical (unpaired) electrons. The van der Waals surface area contributed by atoms with Gasteiger partial charge >= 0.3 is 0 Å². The Bertz CT molecular complexity index is 543. The summed E-state index contributed by atoms with van der Waals surface area (Å²) < 4.78 is 0. The number of nitriles is 1. The molecule has 90 valence electrons. The summed E-state index contributed by atoms with van der Waals surface area (Å²) in [6.07, 6.45) is 3.60. The van der Waals surface area contributed by atoms with Crippen molar-refractivity contribution in [2.45, 2.75) is 13.5 Å². The van der Waals surface area contributed by atoms with Gasteiger partial charge in [0.25, 0.3) is 0 Å². The predicted octanol–water partition coefficient (Wildman–Crippen LogP) is 2.98. The lowest BCUT2D eigenvalue weighted by Crippen LogP contribution is -2.21. The molecule has 0 spiro atoms. The lowest BCUT2D eigenvalue weighted by atomic mass is 10.2. The van der Waals surface area contributed by atoms with Gasteiger partial charge in [-0.2, -0.15) is 5.26 Å². The molecule has 0 fully saturated rings. The largest absolute Gasteiger partial charge is 0.367 e. The number of hydrogen-bond donors (Lipinski definition) is 0. The molecule has 0 amide bonds. The summed E-state index contributed by atoms with van der Waals surface area (Å²) in [6, 6.07) is 13.9. The Morgan fingerprint density at radius 2 is 2.00 bits per heavy atom. The Kier molecular flexibility index (Phi) is 3.93. The highest BCUT2D eigenvalue weighted by atomic mass is 15.1. The molecular weight excluding hydrogens is 222 g/mol. The summed E-state index contributed by atoms with van der Waals surface area (Å²) >= 11 is 0. The third-order valence-electron chi connectivity index (χ3n) is 2.84. The lowest BCUT2D eigenvalue weighted by Gasteiger charge is -2.23. The third-order valence-corrected chi connectivity index (χ3v) is 2.84. The number of nitrogens with zero attached hydrogens (tertiary/aromatic N) is 3. The molecule has 0 N–H and O–H groups in total. The summed E-state index contributed by atoms with van der Waals surface area (Å²) in [5, 5.41) is 8.93. The Hall–Kier alpha value is -2.34. The van der Waals surface area contributed by atoms with Gasteiger partial charge in [0.05, 0.1) is 11.6 Å². The van der Waals surface area contributed by atoms with E-state index in [2.05, 4.69) is 22.9 Å². The minimum Gasteiger partial charge on any atom is -0.367 e. The van der Waals surface area contributed by atoms with Gasteiger partial charge in [-0.05, 0) is 42.8 Å². The van der Waals surface area contributed by atoms with Crippen LogP contribution in [0.2, 0.25) is 0 Å². The maximum absolute atomic E-state index is 8.93. The smallest absolute Gasteiger partial charge is 0.0992 e. The van der Waals surface area contributed by atoms with Crippen LogP contribution in [-0.4, -0.2) is 11.5 Å². The van der Waals surface area contributed by atoms with Crippen LogP contribution in [0.3, 0.4) is 0 Å². The molecule has 0 aliphatic rings. The molecule has 0 bridgehead atoms. The van der Waals surface area contributed by atoms with Crippen LogP contribution >= 0.6 is 0 Å². The molecule has 18 heavy (non-hydrogen) atoms. The number of anilines is 1. The SMILES string of the molecule is CCN(Cc1ccncc1)c1cccc(C#N)c1. The predicted molar refractivity (Wildman–Crippen MR) is 72.1 cm³/mol. The minimum absolute atomic E-state index is 0.695. The molecular formula is C15H15N3. The minimum atomic E-state index is 0.695. The fraction of sp³-hybridized carbons (Fsp3) is 0.200. The Morgan fingerprint density at radius 3 is 2.67 bits per heavy atom. The van der Waals surface area contributed by atoms with E-state index in [1.807, 2.05) is 36.4 Å². The van der Waals surface area contributed by atoms with Crippen LogP contribution < -0.4 is 4.90 Å². The molecule has 0 atom stereocenters. The Morgan fingerprint density at radius 1 is 1.22 bits per heavy atom. The highest BCUT2D eigenvalue weighted by molar-refractivity contribution is 5.51. The van der Waals surface area contributed by atoms with Crippen molar-refractivity contribution in [3.05, 3.63) is 59.9 Å². The van der Waals surface area contributed by atoms with Crippen LogP contribution in [0.1, 0.15) is 18.1 Å². The molecule has 3 heteroatoms. The maximum Gasteiger partial charge on any atom is 0.0992 e. The first-order valence-electron chi connectivity index (χ1n) is 5.97. The molecule has 1 aromatic carbocycles. The van der Waals surface area contributed by atoms with Gasteiger partial charge in [-0.15, -0.1) is 0 Å². The van der Waals surface area contributed by atoms with E-state index in [4.69, 9.17) is 5.26 Å². The topological polar surface area (TPSA) is 39.9 Å². The quantitative estimate of drug-likeness (QED) is 0.820. The van der Waals surface area contributed by atoms with Crippen molar-refractivity contribution in [3.63, 3.8) is 0 Å². The summed E-state index contributed by atoms with van der Waals surface area (Å²) in [5.41, 5.74) is 2.99. The van der Waals surface area contributed by atoms with Crippen LogP contribution in [0.25, 0.3) is 0 Å². The molecule has 0 aliphatic carbocycles. The molecule has 1 heterocycles. The zero-order valence-corrected chi connectivity index (χ0v) is 10.4. The van der Waals surface area contributed by atoms with Crippen molar-refractivity contribution in [2.75, 3.05) is 11.4 Å². The summed E-state index contributed by atoms with van der Waals surface area (Å²) in [7, 11) is 0. The zero-order valence-electron chi connectivity index (χ0n) is 10.4. The van der Waals surface area contributed by atoms with Crippen LogP contribution in [0.5, 0.6) is 0 Å². The number of benzene rings is 1. The molecule has 2 rings (SSSR count). The lowest BCUT2D eigenvalue weighted by molar-refractivity contribution is 0.830. The van der Waals surface area contributed by atoms with E-state index in [1.165, 1.54) is 5.56 Å². The number of hydrogen-bond acceptors (Lipinski definition) is 3. The van der Waals surface area contributed by atoms with E-state index in [-0.39, 0.29) is 0 Å². The molecule has 3 nitrogen and oxygen atoms in total. The van der Waals surface area contributed by atoms with Crippen molar-refractivity contribution in [1.29, 1.82) is 5.26 Å². The van der Waals surface area contributed by atoms with Gasteiger partial charge in [0.2, 0.25) is 0 Å². The van der Waals surface area contributed by atoms with E-state index < -0.39 is 0 Å². The maximum atomic E-state index is 8.93. The monoisotopic (exact) mass is 237 g/mol. The zero-order chi connectivity index (χ0) is 12.8. The van der Waals surface area contributed by atoms with Crippen molar-refractivity contribution in [1.82, 2.24) is 4.98 Å². The molecule has 0 saturated carbocycles. The highest BCUT2D eigenvalue weighted by Crippen LogP contribution is 2.18. The second kappa shape index (κ2) is 5.83. The van der Waals surface area contributed by atoms with Crippen molar-refractivity contribution in [3.8, 4) is 6.07 Å². The van der Waals surface area contributed by atoms with E-state index in [0.717, 1.165) is 18.8 Å². The van der Waals surface area contributed by atoms with E-state index in [9.17, 15) is 0 Å². The molecule has 2 aromatic rings. The highest BCUT2D eigenvalue weighted by Gasteiger charge is 2.05. The summed E-state index contributed by atoms with van der Waals surface area (Å²) in [6.45, 7) is 3.84. The molecule has 1 aromatic heterocycles. The Balaban J connectivity index is 2.21. The average Bonchev–Trinajstić information content (AvgIpc) is 2.46. The van der Waals surface area contributed by atoms with Gasteiger partial charge < -0.3 is 4.90 Å². The van der Waals surface area contributed by atoms with Crippen LogP contribution in [0.4, 0.5) is 5.69 Å². The van der Waals surface area contributed by atoms with Crippen molar-refractivity contribution in [2.24, 2.45) is 0 Å². The van der Waals surface area contributed by atoms with Gasteiger partial charge in [-0.3, -0.25) is 4.98 Å². The van der Waals surface area contributed by atoms with Crippen LogP contribution in [-0.2, 0) is 6.54 Å². The van der Waals surface area contributed by atoms with Crippen LogP contribution in [0.15, 0.2) is 48.8 Å². The second-order valence-electron chi connectivity index (χ2n) is 4.03. The Labute approximate surface area is 107 Å². The van der Waals surface area contributed by atoms with E-state index in [1.54, 1.807) is 12.4 Å². The number of pyridine rings is 1. The molecule has 0 unspecified atom stereocenters. The van der Waals surface area contributed by atoms with Gasteiger partial charge in [0.1, 0.15) is 0 Å². The first-order chi connectivity index (χ1) is 8.83. The van der Waals surface area contributed by atoms with Crippen LogP contribution in [0, 0.1) is 11.3 Å². The molecule has 0 aliphatic heterocycles. The standard InChI is InChI=1S/C15H15N3/c1-2-18(12-13-6-8-17-9-7-13)15-5-3-4-14(10-15)11-16/h3-10H,2,12H2,1H3. The number of rotatable bonds is 4. The van der Waals surface area contributed by atoms with Gasteiger partial charge in [-0.1, -0.05) is 6.07 Å². The van der Waals surface area contributed by atoms with E-state index >= 15 is 0 Å². The van der Waals surface area contributed by atoms with Gasteiger partial charge in [-0.25, -0.2) is 0 Å². The first kappa shape index (κ1) is 12.1. The summed E-state index contributed by atoms with van der Waals surface area (Å²) in [4.78, 5) is 6.25. The average molecular weight is 237 g/mol. The normalized spacial score (nSPS) is 9.78. The fourth-order valence-electron chi connectivity index (χ4n) is 1.87. The fourth-order valence-corrected chi connectivity index (χ4v) is 1.87. The van der Waals surface area contributed by atoms with Gasteiger partial charge in [0, 0.05) is 31.2 Å². The van der Waals surface area contributed by atoms with E-state index in [0.29, 0.717) is 5.56 Å². The summed E-state index contributed by atoms with van der Waals surface area (Å²) in [5.74, 6) is 0. The van der Waals surface area contributed by atoms with Crippen molar-refractivity contribution >= 4 is 5.69 Å². The third kappa shape index (κ3) is 2.86. The van der Waals surface area contributed by atoms with Crippen molar-refractivity contribution < 1.29 is 0 Å². The molecule has 0 saturated heterocycles. The second-order valence-corrected chi connectivity index (χ2v) is 4.03.